The highest BCUT2D eigenvalue weighted by atomic mass is 32.3. The molecule has 0 radical (unpaired) electrons. The van der Waals surface area contributed by atoms with Crippen molar-refractivity contribution in [1.29, 1.82) is 0 Å². The van der Waals surface area contributed by atoms with Gasteiger partial charge in [-0.05, 0) is 43.8 Å². The first kappa shape index (κ1) is 19.3. The number of benzene rings is 1. The van der Waals surface area contributed by atoms with Gasteiger partial charge in [-0.15, -0.1) is 11.3 Å². The molecule has 3 N–H and O–H groups in total. The number of nitrogens with two attached hydrogens (primary N) is 1. The van der Waals surface area contributed by atoms with Gasteiger partial charge in [-0.3, -0.25) is 0 Å². The van der Waals surface area contributed by atoms with Crippen LogP contribution in [0.4, 0.5) is 0 Å². The van der Waals surface area contributed by atoms with Crippen LogP contribution in [0.2, 0.25) is 0 Å². The maximum absolute atomic E-state index is 12.4. The normalized spacial score (nSPS) is 19.5. The van der Waals surface area contributed by atoms with Gasteiger partial charge in [0.05, 0.1) is 5.75 Å². The molecular formula is C16H20N2O5S3. The molecular weight excluding hydrogens is 396 g/mol. The van der Waals surface area contributed by atoms with E-state index in [0.717, 1.165) is 11.1 Å². The Bertz CT molecular complexity index is 1060. The Morgan fingerprint density at radius 3 is 2.62 bits per heavy atom. The number of rotatable bonds is 4. The smallest absolute Gasteiger partial charge is 0.247 e. The first-order chi connectivity index (χ1) is 12.0. The van der Waals surface area contributed by atoms with Gasteiger partial charge in [-0.2, -0.15) is 0 Å². The molecule has 3 rings (SSSR count). The maximum Gasteiger partial charge on any atom is 0.247 e. The van der Waals surface area contributed by atoms with E-state index in [0.29, 0.717) is 29.9 Å². The van der Waals surface area contributed by atoms with Crippen LogP contribution in [0.5, 0.6) is 5.75 Å². The van der Waals surface area contributed by atoms with E-state index in [1.807, 2.05) is 25.1 Å². The third-order valence-electron chi connectivity index (χ3n) is 4.31. The second-order valence-corrected chi connectivity index (χ2v) is 11.8. The van der Waals surface area contributed by atoms with E-state index in [9.17, 15) is 21.9 Å². The molecule has 0 bridgehead atoms. The predicted octanol–water partition coefficient (Wildman–Crippen LogP) is 1.47. The van der Waals surface area contributed by atoms with Gasteiger partial charge in [-0.1, -0.05) is 12.1 Å². The molecule has 26 heavy (non-hydrogen) atoms. The topological polar surface area (TPSA) is 118 Å². The number of sulfone groups is 1. The van der Waals surface area contributed by atoms with Gasteiger partial charge >= 0.3 is 0 Å². The second kappa shape index (κ2) is 6.61. The standard InChI is InChI=1S/C16H20N2O5S3/c1-18(2)9-11-7-10(3-4-14(11)19)12-5-6-25(20,21)16-13(12)8-15(24-16)26(17,22)23/h3-4,7-8,12,19H,5-6,9H2,1-2H3,(H2,17,22,23). The van der Waals surface area contributed by atoms with Gasteiger partial charge in [0.1, 0.15) is 14.2 Å². The molecule has 1 aromatic carbocycles. The fraction of sp³-hybridized carbons (Fsp3) is 0.375. The number of thiophene rings is 1. The lowest BCUT2D eigenvalue weighted by atomic mass is 9.89. The van der Waals surface area contributed by atoms with Gasteiger partial charge in [0.2, 0.25) is 10.0 Å². The van der Waals surface area contributed by atoms with Crippen molar-refractivity contribution < 1.29 is 21.9 Å². The Balaban J connectivity index is 2.13. The number of hydrogen-bond acceptors (Lipinski definition) is 7. The number of fused-ring (bicyclic) bond motifs is 1. The largest absolute Gasteiger partial charge is 0.508 e. The summed E-state index contributed by atoms with van der Waals surface area (Å²) in [6.07, 6.45) is 0.350. The number of nitrogens with zero attached hydrogens (tertiary/aromatic N) is 1. The number of sulfonamides is 1. The van der Waals surface area contributed by atoms with Crippen LogP contribution in [-0.2, 0) is 26.4 Å². The maximum atomic E-state index is 12.4. The molecule has 2 aromatic rings. The number of aromatic hydroxyl groups is 1. The number of hydrogen-bond donors (Lipinski definition) is 2. The van der Waals surface area contributed by atoms with E-state index in [1.54, 1.807) is 12.1 Å². The molecule has 142 valence electrons. The van der Waals surface area contributed by atoms with Crippen molar-refractivity contribution >= 4 is 31.2 Å². The van der Waals surface area contributed by atoms with Gasteiger partial charge < -0.3 is 10.0 Å². The molecule has 0 saturated heterocycles. The molecule has 0 saturated carbocycles. The van der Waals surface area contributed by atoms with Gasteiger partial charge in [0.15, 0.2) is 9.84 Å². The molecule has 7 nitrogen and oxygen atoms in total. The highest BCUT2D eigenvalue weighted by Crippen LogP contribution is 2.44. The molecule has 1 atom stereocenters. The van der Waals surface area contributed by atoms with Crippen LogP contribution in [0.1, 0.15) is 29.0 Å². The lowest BCUT2D eigenvalue weighted by Crippen LogP contribution is -2.19. The van der Waals surface area contributed by atoms with Crippen LogP contribution in [0.15, 0.2) is 32.7 Å². The summed E-state index contributed by atoms with van der Waals surface area (Å²) < 4.78 is 48.1. The van der Waals surface area contributed by atoms with Gasteiger partial charge in [0.25, 0.3) is 0 Å². The molecule has 2 heterocycles. The zero-order chi connectivity index (χ0) is 19.3. The number of phenolic OH excluding ortho intramolecular Hbond substituents is 1. The summed E-state index contributed by atoms with van der Waals surface area (Å²) in [4.78, 5) is 1.92. The zero-order valence-corrected chi connectivity index (χ0v) is 16.8. The minimum absolute atomic E-state index is 0.0564. The quantitative estimate of drug-likeness (QED) is 0.779. The van der Waals surface area contributed by atoms with Crippen molar-refractivity contribution in [1.82, 2.24) is 4.90 Å². The molecule has 1 aromatic heterocycles. The highest BCUT2D eigenvalue weighted by Gasteiger charge is 2.35. The lowest BCUT2D eigenvalue weighted by Gasteiger charge is -2.24. The summed E-state index contributed by atoms with van der Waals surface area (Å²) in [5, 5.41) is 15.2. The molecule has 0 spiro atoms. The van der Waals surface area contributed by atoms with Gasteiger partial charge in [-0.25, -0.2) is 22.0 Å². The van der Waals surface area contributed by atoms with Crippen LogP contribution < -0.4 is 5.14 Å². The highest BCUT2D eigenvalue weighted by molar-refractivity contribution is 7.95. The predicted molar refractivity (Wildman–Crippen MR) is 99.7 cm³/mol. The lowest BCUT2D eigenvalue weighted by molar-refractivity contribution is 0.385. The first-order valence-electron chi connectivity index (χ1n) is 7.85. The minimum Gasteiger partial charge on any atom is -0.508 e. The van der Waals surface area contributed by atoms with Crippen molar-refractivity contribution in [2.24, 2.45) is 5.14 Å². The summed E-state index contributed by atoms with van der Waals surface area (Å²) in [5.74, 6) is -0.150. The zero-order valence-electron chi connectivity index (χ0n) is 14.3. The Labute approximate surface area is 157 Å². The fourth-order valence-electron chi connectivity index (χ4n) is 3.15. The third-order valence-corrected chi connectivity index (χ3v) is 9.26. The summed E-state index contributed by atoms with van der Waals surface area (Å²) in [6, 6.07) is 6.55. The number of phenols is 1. The molecule has 0 aliphatic carbocycles. The second-order valence-electron chi connectivity index (χ2n) is 6.64. The van der Waals surface area contributed by atoms with Crippen LogP contribution in [0.25, 0.3) is 0 Å². The Kier molecular flexibility index (Phi) is 4.91. The van der Waals surface area contributed by atoms with E-state index in [2.05, 4.69) is 0 Å². The van der Waals surface area contributed by atoms with Crippen LogP contribution in [0, 0.1) is 0 Å². The van der Waals surface area contributed by atoms with Crippen LogP contribution in [0.3, 0.4) is 0 Å². The van der Waals surface area contributed by atoms with Crippen LogP contribution >= 0.6 is 11.3 Å². The summed E-state index contributed by atoms with van der Waals surface area (Å²) in [6.45, 7) is 0.531. The van der Waals surface area contributed by atoms with Crippen molar-refractivity contribution in [3.63, 3.8) is 0 Å². The molecule has 1 aliphatic rings. The van der Waals surface area contributed by atoms with Crippen molar-refractivity contribution in [2.45, 2.75) is 27.3 Å². The van der Waals surface area contributed by atoms with E-state index >= 15 is 0 Å². The Hall–Kier alpha value is -1.46. The molecule has 0 fully saturated rings. The summed E-state index contributed by atoms with van der Waals surface area (Å²) in [5.41, 5.74) is 2.03. The molecule has 10 heteroatoms. The Morgan fingerprint density at radius 2 is 2.00 bits per heavy atom. The van der Waals surface area contributed by atoms with E-state index in [4.69, 9.17) is 5.14 Å². The SMILES string of the molecule is CN(C)Cc1cc(C2CCS(=O)(=O)c3sc(S(N)(=O)=O)cc32)ccc1O. The first-order valence-corrected chi connectivity index (χ1v) is 11.9. The monoisotopic (exact) mass is 416 g/mol. The average molecular weight is 417 g/mol. The minimum atomic E-state index is -3.98. The van der Waals surface area contributed by atoms with E-state index in [-0.39, 0.29) is 25.8 Å². The number of primary sulfonamides is 1. The fourth-order valence-corrected chi connectivity index (χ4v) is 7.32. The molecule has 1 aliphatic heterocycles. The van der Waals surface area contributed by atoms with Crippen molar-refractivity contribution in [3.05, 3.63) is 41.0 Å². The Morgan fingerprint density at radius 1 is 1.31 bits per heavy atom. The van der Waals surface area contributed by atoms with E-state index < -0.39 is 19.9 Å². The van der Waals surface area contributed by atoms with Crippen molar-refractivity contribution in [3.8, 4) is 5.75 Å². The van der Waals surface area contributed by atoms with Crippen molar-refractivity contribution in [2.75, 3.05) is 19.8 Å². The molecule has 0 amide bonds. The summed E-state index contributed by atoms with van der Waals surface area (Å²) in [7, 11) is -3.73. The van der Waals surface area contributed by atoms with Crippen LogP contribution in [-0.4, -0.2) is 46.7 Å². The van der Waals surface area contributed by atoms with Gasteiger partial charge in [0, 0.05) is 18.0 Å². The van der Waals surface area contributed by atoms with E-state index in [1.165, 1.54) is 6.07 Å². The average Bonchev–Trinajstić information content (AvgIpc) is 2.96. The molecule has 1 unspecified atom stereocenters. The third kappa shape index (κ3) is 3.65. The summed E-state index contributed by atoms with van der Waals surface area (Å²) >= 11 is 0.707.